The average molecular weight is 418 g/mol. The second-order valence-electron chi connectivity index (χ2n) is 8.84. The number of nitrogens with one attached hydrogen (secondary N) is 1. The van der Waals surface area contributed by atoms with Crippen molar-refractivity contribution in [2.45, 2.75) is 122 Å². The van der Waals surface area contributed by atoms with Gasteiger partial charge in [-0.2, -0.15) is 0 Å². The van der Waals surface area contributed by atoms with Gasteiger partial charge in [0.1, 0.15) is 6.04 Å². The molecule has 3 heteroatoms. The van der Waals surface area contributed by atoms with E-state index in [0.717, 1.165) is 18.5 Å². The maximum absolute atomic E-state index is 11.4. The van der Waals surface area contributed by atoms with Crippen LogP contribution in [0, 0.1) is 0 Å². The van der Waals surface area contributed by atoms with E-state index in [1.165, 1.54) is 96.3 Å². The highest BCUT2D eigenvalue weighted by atomic mass is 16.4. The zero-order chi connectivity index (χ0) is 21.7. The van der Waals surface area contributed by atoms with Crippen LogP contribution in [0.15, 0.2) is 30.3 Å². The molecule has 0 saturated carbocycles. The minimum absolute atomic E-state index is 0.483. The zero-order valence-electron chi connectivity index (χ0n) is 19.5. The fraction of sp³-hybridized carbons (Fsp3) is 0.741. The minimum atomic E-state index is -0.754. The molecular formula is C27H47NO2. The first kappa shape index (κ1) is 26.7. The van der Waals surface area contributed by atoms with Gasteiger partial charge in [0.15, 0.2) is 0 Å². The molecule has 0 aliphatic rings. The highest BCUT2D eigenvalue weighted by Gasteiger charge is 2.16. The first-order valence-electron chi connectivity index (χ1n) is 12.7. The van der Waals surface area contributed by atoms with E-state index < -0.39 is 12.0 Å². The Balaban J connectivity index is 1.86. The third-order valence-corrected chi connectivity index (χ3v) is 6.00. The zero-order valence-corrected chi connectivity index (χ0v) is 19.5. The Morgan fingerprint density at radius 1 is 0.733 bits per heavy atom. The van der Waals surface area contributed by atoms with Crippen molar-refractivity contribution in [2.24, 2.45) is 0 Å². The van der Waals surface area contributed by atoms with Crippen LogP contribution in [0.4, 0.5) is 0 Å². The summed E-state index contributed by atoms with van der Waals surface area (Å²) in [6.07, 6.45) is 22.3. The second-order valence-corrected chi connectivity index (χ2v) is 8.84. The lowest BCUT2D eigenvalue weighted by Gasteiger charge is -2.14. The lowest BCUT2D eigenvalue weighted by Crippen LogP contribution is -2.39. The molecule has 0 aliphatic heterocycles. The molecule has 1 unspecified atom stereocenters. The third-order valence-electron chi connectivity index (χ3n) is 6.00. The molecule has 0 heterocycles. The second kappa shape index (κ2) is 19.6. The van der Waals surface area contributed by atoms with Gasteiger partial charge in [-0.3, -0.25) is 4.79 Å². The molecule has 1 rings (SSSR count). The molecule has 172 valence electrons. The molecule has 0 fully saturated rings. The highest BCUT2D eigenvalue weighted by molar-refractivity contribution is 5.73. The van der Waals surface area contributed by atoms with Gasteiger partial charge in [-0.05, 0) is 24.9 Å². The van der Waals surface area contributed by atoms with Gasteiger partial charge >= 0.3 is 5.97 Å². The van der Waals surface area contributed by atoms with Gasteiger partial charge in [0.05, 0.1) is 0 Å². The van der Waals surface area contributed by atoms with Crippen molar-refractivity contribution in [2.75, 3.05) is 6.54 Å². The van der Waals surface area contributed by atoms with E-state index in [-0.39, 0.29) is 0 Å². The van der Waals surface area contributed by atoms with Crippen molar-refractivity contribution in [1.82, 2.24) is 5.32 Å². The van der Waals surface area contributed by atoms with Gasteiger partial charge in [0.2, 0.25) is 0 Å². The van der Waals surface area contributed by atoms with Gasteiger partial charge in [0, 0.05) is 0 Å². The molecule has 0 saturated heterocycles. The van der Waals surface area contributed by atoms with Gasteiger partial charge < -0.3 is 10.4 Å². The van der Waals surface area contributed by atoms with Crippen LogP contribution in [-0.2, 0) is 11.2 Å². The Labute approximate surface area is 186 Å². The Morgan fingerprint density at radius 2 is 1.17 bits per heavy atom. The number of carboxylic acids is 1. The summed E-state index contributed by atoms with van der Waals surface area (Å²) in [7, 11) is 0. The largest absolute Gasteiger partial charge is 0.480 e. The Hall–Kier alpha value is -1.35. The van der Waals surface area contributed by atoms with Crippen molar-refractivity contribution in [1.29, 1.82) is 0 Å². The molecule has 1 aromatic carbocycles. The van der Waals surface area contributed by atoms with Crippen LogP contribution in [0.1, 0.15) is 115 Å². The molecule has 1 atom stereocenters. The number of carboxylic acid groups (broad SMARTS) is 1. The maximum Gasteiger partial charge on any atom is 0.321 e. The molecule has 0 aromatic heterocycles. The lowest BCUT2D eigenvalue weighted by atomic mass is 10.0. The molecule has 0 aliphatic carbocycles. The Morgan fingerprint density at radius 3 is 1.60 bits per heavy atom. The molecule has 2 N–H and O–H groups in total. The van der Waals surface area contributed by atoms with Gasteiger partial charge in [-0.15, -0.1) is 0 Å². The molecule has 1 aromatic rings. The normalized spacial score (nSPS) is 12.2. The van der Waals surface area contributed by atoms with Crippen molar-refractivity contribution in [3.63, 3.8) is 0 Å². The topological polar surface area (TPSA) is 49.3 Å². The van der Waals surface area contributed by atoms with Crippen LogP contribution in [-0.4, -0.2) is 23.7 Å². The number of unbranched alkanes of at least 4 members (excludes halogenated alkanes) is 15. The fourth-order valence-electron chi connectivity index (χ4n) is 4.05. The molecule has 0 radical (unpaired) electrons. The lowest BCUT2D eigenvalue weighted by molar-refractivity contribution is -0.139. The van der Waals surface area contributed by atoms with E-state index in [9.17, 15) is 9.90 Å². The smallest absolute Gasteiger partial charge is 0.321 e. The van der Waals surface area contributed by atoms with E-state index in [0.29, 0.717) is 6.42 Å². The molecular weight excluding hydrogens is 370 g/mol. The van der Waals surface area contributed by atoms with E-state index in [1.807, 2.05) is 30.3 Å². The van der Waals surface area contributed by atoms with Crippen LogP contribution >= 0.6 is 0 Å². The highest BCUT2D eigenvalue weighted by Crippen LogP contribution is 2.13. The van der Waals surface area contributed by atoms with Gasteiger partial charge in [0.25, 0.3) is 0 Å². The summed E-state index contributed by atoms with van der Waals surface area (Å²) in [5, 5.41) is 12.6. The third kappa shape index (κ3) is 15.5. The molecule has 3 nitrogen and oxygen atoms in total. The van der Waals surface area contributed by atoms with E-state index in [1.54, 1.807) is 0 Å². The number of carbonyl (C=O) groups is 1. The summed E-state index contributed by atoms with van der Waals surface area (Å²) in [6, 6.07) is 9.39. The number of rotatable bonds is 21. The number of aliphatic carboxylic acids is 1. The number of hydrogen-bond acceptors (Lipinski definition) is 2. The molecule has 0 bridgehead atoms. The summed E-state index contributed by atoms with van der Waals surface area (Å²) in [5.74, 6) is -0.754. The van der Waals surface area contributed by atoms with Gasteiger partial charge in [-0.1, -0.05) is 134 Å². The summed E-state index contributed by atoms with van der Waals surface area (Å²) in [4.78, 5) is 11.4. The standard InChI is InChI=1S/C27H47NO2/c1-2-3-4-5-6-7-8-9-10-11-12-13-14-15-16-20-23-28-26(27(29)30)24-25-21-18-17-19-22-25/h17-19,21-22,26,28H,2-16,20,23-24H2,1H3,(H,29,30). The molecule has 0 spiro atoms. The summed E-state index contributed by atoms with van der Waals surface area (Å²) < 4.78 is 0. The fourth-order valence-corrected chi connectivity index (χ4v) is 4.05. The van der Waals surface area contributed by atoms with Crippen molar-refractivity contribution in [3.05, 3.63) is 35.9 Å². The first-order valence-corrected chi connectivity index (χ1v) is 12.7. The summed E-state index contributed by atoms with van der Waals surface area (Å²) >= 11 is 0. The van der Waals surface area contributed by atoms with Gasteiger partial charge in [-0.25, -0.2) is 0 Å². The van der Waals surface area contributed by atoms with Crippen LogP contribution in [0.25, 0.3) is 0 Å². The van der Waals surface area contributed by atoms with Crippen LogP contribution < -0.4 is 5.32 Å². The monoisotopic (exact) mass is 417 g/mol. The van der Waals surface area contributed by atoms with Crippen LogP contribution in [0.3, 0.4) is 0 Å². The van der Waals surface area contributed by atoms with E-state index in [2.05, 4.69) is 12.2 Å². The quantitative estimate of drug-likeness (QED) is 0.203. The van der Waals surface area contributed by atoms with Crippen molar-refractivity contribution < 1.29 is 9.90 Å². The molecule has 30 heavy (non-hydrogen) atoms. The maximum atomic E-state index is 11.4. The van der Waals surface area contributed by atoms with E-state index >= 15 is 0 Å². The summed E-state index contributed by atoms with van der Waals surface area (Å²) in [5.41, 5.74) is 1.07. The molecule has 0 amide bonds. The van der Waals surface area contributed by atoms with Crippen LogP contribution in [0.2, 0.25) is 0 Å². The SMILES string of the molecule is CCCCCCCCCCCCCCCCCCNC(Cc1ccccc1)C(=O)O. The van der Waals surface area contributed by atoms with E-state index in [4.69, 9.17) is 0 Å². The van der Waals surface area contributed by atoms with Crippen LogP contribution in [0.5, 0.6) is 0 Å². The number of benzene rings is 1. The number of hydrogen-bond donors (Lipinski definition) is 2. The first-order chi connectivity index (χ1) is 14.7. The predicted molar refractivity (Wildman–Crippen MR) is 129 cm³/mol. The van der Waals surface area contributed by atoms with Crippen molar-refractivity contribution in [3.8, 4) is 0 Å². The Kier molecular flexibility index (Phi) is 17.4. The van der Waals surface area contributed by atoms with Crippen molar-refractivity contribution >= 4 is 5.97 Å². The summed E-state index contributed by atoms with van der Waals surface area (Å²) in [6.45, 7) is 3.07. The average Bonchev–Trinajstić information content (AvgIpc) is 2.75. The predicted octanol–water partition coefficient (Wildman–Crippen LogP) is 7.53. The Bertz CT molecular complexity index is 503. The minimum Gasteiger partial charge on any atom is -0.480 e.